The summed E-state index contributed by atoms with van der Waals surface area (Å²) in [5, 5.41) is 24.1. The van der Waals surface area contributed by atoms with Gasteiger partial charge in [0.25, 0.3) is 5.91 Å². The summed E-state index contributed by atoms with van der Waals surface area (Å²) in [5.74, 6) is 0.130. The van der Waals surface area contributed by atoms with Gasteiger partial charge in [0, 0.05) is 5.02 Å². The summed E-state index contributed by atoms with van der Waals surface area (Å²) in [4.78, 5) is 23.1. The number of halogens is 1. The maximum absolute atomic E-state index is 13.1. The molecule has 1 atom stereocenters. The SMILES string of the molecule is CC/C(=N/O)c1nc(C)nc2c1C(C)(O)C(=O)N2c1ccc(Cl)cc1C. The molecule has 1 amide bonds. The number of aromatic nitrogens is 2. The molecular formula is C18H19ClN4O3. The van der Waals surface area contributed by atoms with Crippen LogP contribution >= 0.6 is 11.6 Å². The molecule has 2 N–H and O–H groups in total. The second-order valence-electron chi connectivity index (χ2n) is 6.36. The molecule has 8 heteroatoms. The molecule has 1 aliphatic heterocycles. The number of fused-ring (bicyclic) bond motifs is 1. The first-order valence-electron chi connectivity index (χ1n) is 8.15. The summed E-state index contributed by atoms with van der Waals surface area (Å²) < 4.78 is 0. The molecule has 1 aromatic heterocycles. The predicted molar refractivity (Wildman–Crippen MR) is 98.3 cm³/mol. The van der Waals surface area contributed by atoms with Gasteiger partial charge in [-0.3, -0.25) is 9.69 Å². The zero-order valence-electron chi connectivity index (χ0n) is 14.9. The molecule has 3 rings (SSSR count). The van der Waals surface area contributed by atoms with Crippen LogP contribution in [0.4, 0.5) is 11.5 Å². The number of nitrogens with zero attached hydrogens (tertiary/aromatic N) is 4. The maximum Gasteiger partial charge on any atom is 0.269 e. The van der Waals surface area contributed by atoms with Crippen LogP contribution in [0.3, 0.4) is 0 Å². The quantitative estimate of drug-likeness (QED) is 0.488. The molecule has 0 spiro atoms. The lowest BCUT2D eigenvalue weighted by Gasteiger charge is -2.20. The van der Waals surface area contributed by atoms with Crippen LogP contribution in [0.25, 0.3) is 0 Å². The molecular weight excluding hydrogens is 356 g/mol. The highest BCUT2D eigenvalue weighted by Crippen LogP contribution is 2.45. The van der Waals surface area contributed by atoms with Gasteiger partial charge in [-0.2, -0.15) is 0 Å². The van der Waals surface area contributed by atoms with E-state index in [0.29, 0.717) is 23.0 Å². The van der Waals surface area contributed by atoms with E-state index in [4.69, 9.17) is 11.6 Å². The van der Waals surface area contributed by atoms with Crippen molar-refractivity contribution < 1.29 is 15.1 Å². The van der Waals surface area contributed by atoms with Gasteiger partial charge in [-0.15, -0.1) is 0 Å². The van der Waals surface area contributed by atoms with E-state index in [-0.39, 0.29) is 22.8 Å². The van der Waals surface area contributed by atoms with Gasteiger partial charge in [-0.05, 0) is 51.0 Å². The summed E-state index contributed by atoms with van der Waals surface area (Å²) in [6.07, 6.45) is 0.379. The Kier molecular flexibility index (Phi) is 4.46. The first-order valence-corrected chi connectivity index (χ1v) is 8.53. The fourth-order valence-electron chi connectivity index (χ4n) is 3.18. The van der Waals surface area contributed by atoms with E-state index >= 15 is 0 Å². The van der Waals surface area contributed by atoms with E-state index in [1.54, 1.807) is 32.0 Å². The van der Waals surface area contributed by atoms with E-state index in [0.717, 1.165) is 5.56 Å². The monoisotopic (exact) mass is 374 g/mol. The largest absolute Gasteiger partial charge is 0.411 e. The topological polar surface area (TPSA) is 98.9 Å². The third-order valence-electron chi connectivity index (χ3n) is 4.45. The molecule has 0 saturated carbocycles. The molecule has 0 bridgehead atoms. The van der Waals surface area contributed by atoms with Crippen molar-refractivity contribution in [1.82, 2.24) is 9.97 Å². The summed E-state index contributed by atoms with van der Waals surface area (Å²) in [5.41, 5.74) is 0.257. The van der Waals surface area contributed by atoms with E-state index in [9.17, 15) is 15.1 Å². The molecule has 7 nitrogen and oxygen atoms in total. The molecule has 26 heavy (non-hydrogen) atoms. The number of oxime groups is 1. The Balaban J connectivity index is 2.34. The molecule has 1 aromatic carbocycles. The number of hydrogen-bond acceptors (Lipinski definition) is 6. The zero-order valence-corrected chi connectivity index (χ0v) is 15.7. The second kappa shape index (κ2) is 6.34. The number of carbonyl (C=O) groups excluding carboxylic acids is 1. The molecule has 1 unspecified atom stereocenters. The zero-order chi connectivity index (χ0) is 19.2. The molecule has 0 fully saturated rings. The summed E-state index contributed by atoms with van der Waals surface area (Å²) in [7, 11) is 0. The summed E-state index contributed by atoms with van der Waals surface area (Å²) in [6, 6.07) is 5.11. The number of aliphatic hydroxyl groups is 1. The van der Waals surface area contributed by atoms with Gasteiger partial charge in [-0.25, -0.2) is 9.97 Å². The number of amides is 1. The van der Waals surface area contributed by atoms with E-state index < -0.39 is 11.5 Å². The molecule has 2 heterocycles. The molecule has 0 saturated heterocycles. The fourth-order valence-corrected chi connectivity index (χ4v) is 3.40. The normalized spacial score (nSPS) is 19.8. The third-order valence-corrected chi connectivity index (χ3v) is 4.68. The molecule has 1 aliphatic rings. The smallest absolute Gasteiger partial charge is 0.269 e. The van der Waals surface area contributed by atoms with Gasteiger partial charge in [0.1, 0.15) is 17.2 Å². The Bertz CT molecular complexity index is 940. The minimum atomic E-state index is -1.85. The number of benzene rings is 1. The van der Waals surface area contributed by atoms with Crippen LogP contribution in [-0.4, -0.2) is 31.9 Å². The Hall–Kier alpha value is -2.51. The standard InChI is InChI=1S/C18H19ClN4O3/c1-5-12(22-26)15-14-16(21-10(3)20-15)23(17(24)18(14,4)25)13-7-6-11(19)8-9(13)2/h6-8,25-26H,5H2,1-4H3/b22-12-. The van der Waals surface area contributed by atoms with Crippen molar-refractivity contribution in [3.05, 3.63) is 45.9 Å². The molecule has 0 radical (unpaired) electrons. The van der Waals surface area contributed by atoms with Gasteiger partial charge >= 0.3 is 0 Å². The van der Waals surface area contributed by atoms with Crippen LogP contribution in [0, 0.1) is 13.8 Å². The molecule has 0 aliphatic carbocycles. The predicted octanol–water partition coefficient (Wildman–Crippen LogP) is 3.22. The van der Waals surface area contributed by atoms with Crippen LogP contribution in [-0.2, 0) is 10.4 Å². The minimum Gasteiger partial charge on any atom is -0.411 e. The van der Waals surface area contributed by atoms with Crippen LogP contribution in [0.1, 0.15) is 42.9 Å². The van der Waals surface area contributed by atoms with Crippen molar-refractivity contribution >= 4 is 34.7 Å². The Morgan fingerprint density at radius 1 is 1.35 bits per heavy atom. The average Bonchev–Trinajstić information content (AvgIpc) is 2.76. The number of anilines is 2. The van der Waals surface area contributed by atoms with Gasteiger partial charge in [0.2, 0.25) is 0 Å². The highest BCUT2D eigenvalue weighted by Gasteiger charge is 2.51. The number of carbonyl (C=O) groups is 1. The van der Waals surface area contributed by atoms with Crippen LogP contribution in [0.5, 0.6) is 0 Å². The van der Waals surface area contributed by atoms with E-state index in [2.05, 4.69) is 15.1 Å². The van der Waals surface area contributed by atoms with Gasteiger partial charge in [0.05, 0.1) is 11.3 Å². The minimum absolute atomic E-state index is 0.233. The first kappa shape index (κ1) is 18.3. The van der Waals surface area contributed by atoms with Crippen molar-refractivity contribution in [2.24, 2.45) is 5.16 Å². The number of aryl methyl sites for hydroxylation is 2. The lowest BCUT2D eigenvalue weighted by atomic mass is 9.95. The Morgan fingerprint density at radius 2 is 2.04 bits per heavy atom. The van der Waals surface area contributed by atoms with Gasteiger partial charge in [-0.1, -0.05) is 23.7 Å². The van der Waals surface area contributed by atoms with E-state index in [1.165, 1.54) is 11.8 Å². The maximum atomic E-state index is 13.1. The van der Waals surface area contributed by atoms with Crippen LogP contribution < -0.4 is 4.90 Å². The van der Waals surface area contributed by atoms with Crippen molar-refractivity contribution in [2.45, 2.75) is 39.7 Å². The highest BCUT2D eigenvalue weighted by atomic mass is 35.5. The second-order valence-corrected chi connectivity index (χ2v) is 6.80. The fraction of sp³-hybridized carbons (Fsp3) is 0.333. The first-order chi connectivity index (χ1) is 12.2. The molecule has 136 valence electrons. The van der Waals surface area contributed by atoms with Crippen LogP contribution in [0.15, 0.2) is 23.4 Å². The number of hydrogen-bond donors (Lipinski definition) is 2. The van der Waals surface area contributed by atoms with Gasteiger partial charge in [0.15, 0.2) is 11.4 Å². The average molecular weight is 375 g/mol. The lowest BCUT2D eigenvalue weighted by molar-refractivity contribution is -0.133. The van der Waals surface area contributed by atoms with E-state index in [1.807, 2.05) is 6.92 Å². The highest BCUT2D eigenvalue weighted by molar-refractivity contribution is 6.30. The van der Waals surface area contributed by atoms with Gasteiger partial charge < -0.3 is 10.3 Å². The summed E-state index contributed by atoms with van der Waals surface area (Å²) >= 11 is 6.02. The third kappa shape index (κ3) is 2.64. The van der Waals surface area contributed by atoms with Crippen LogP contribution in [0.2, 0.25) is 5.02 Å². The summed E-state index contributed by atoms with van der Waals surface area (Å²) in [6.45, 7) is 6.69. The Morgan fingerprint density at radius 3 is 2.62 bits per heavy atom. The number of rotatable bonds is 3. The van der Waals surface area contributed by atoms with Crippen molar-refractivity contribution in [2.75, 3.05) is 4.90 Å². The van der Waals surface area contributed by atoms with Crippen molar-refractivity contribution in [3.63, 3.8) is 0 Å². The van der Waals surface area contributed by atoms with Crippen molar-refractivity contribution in [3.8, 4) is 0 Å². The lowest BCUT2D eigenvalue weighted by Crippen LogP contribution is -2.36. The van der Waals surface area contributed by atoms with Crippen molar-refractivity contribution in [1.29, 1.82) is 0 Å². The Labute approximate surface area is 156 Å². The molecule has 2 aromatic rings.